The van der Waals surface area contributed by atoms with Crippen LogP contribution >= 0.6 is 24.8 Å². The van der Waals surface area contributed by atoms with Gasteiger partial charge in [0.05, 0.1) is 9.79 Å². The van der Waals surface area contributed by atoms with Crippen LogP contribution in [0.3, 0.4) is 0 Å². The maximum absolute atomic E-state index is 13.3. The number of fused-ring (bicyclic) bond motifs is 2. The third kappa shape index (κ3) is 3.86. The Morgan fingerprint density at radius 1 is 0.933 bits per heavy atom. The topological polar surface area (TPSA) is 75.4 Å². The van der Waals surface area contributed by atoms with Crippen molar-refractivity contribution < 1.29 is 12.8 Å². The van der Waals surface area contributed by atoms with E-state index in [0.29, 0.717) is 27.4 Å². The molecule has 1 fully saturated rings. The van der Waals surface area contributed by atoms with Crippen molar-refractivity contribution in [3.63, 3.8) is 0 Å². The molecule has 2 heterocycles. The van der Waals surface area contributed by atoms with Gasteiger partial charge >= 0.3 is 0 Å². The Balaban J connectivity index is 0.00000128. The van der Waals surface area contributed by atoms with E-state index >= 15 is 0 Å². The minimum absolute atomic E-state index is 0. The van der Waals surface area contributed by atoms with Crippen molar-refractivity contribution in [3.8, 4) is 0 Å². The molecule has 1 saturated heterocycles. The lowest BCUT2D eigenvalue weighted by atomic mass is 10.1. The summed E-state index contributed by atoms with van der Waals surface area (Å²) in [7, 11) is -3.68. The maximum Gasteiger partial charge on any atom is 0.298 e. The molecule has 0 amide bonds. The number of aromatic nitrogens is 1. The van der Waals surface area contributed by atoms with Crippen LogP contribution in [0.2, 0.25) is 0 Å². The molecule has 0 atom stereocenters. The van der Waals surface area contributed by atoms with E-state index < -0.39 is 9.84 Å². The van der Waals surface area contributed by atoms with E-state index in [1.165, 1.54) is 0 Å². The smallest absolute Gasteiger partial charge is 0.298 e. The first-order chi connectivity index (χ1) is 13.6. The summed E-state index contributed by atoms with van der Waals surface area (Å²) in [6, 6.07) is 18.2. The number of halogens is 2. The van der Waals surface area contributed by atoms with Crippen LogP contribution in [0.5, 0.6) is 0 Å². The van der Waals surface area contributed by atoms with Crippen molar-refractivity contribution >= 4 is 62.5 Å². The van der Waals surface area contributed by atoms with Gasteiger partial charge in [0.15, 0.2) is 5.58 Å². The summed E-state index contributed by atoms with van der Waals surface area (Å²) in [4.78, 5) is 7.12. The second-order valence-electron chi connectivity index (χ2n) is 6.84. The van der Waals surface area contributed by atoms with Gasteiger partial charge < -0.3 is 14.6 Å². The number of nitrogens with zero attached hydrogens (tertiary/aromatic N) is 2. The lowest BCUT2D eigenvalue weighted by Crippen LogP contribution is -2.43. The molecular formula is C21H21Cl2N3O3S. The molecule has 6 nitrogen and oxygen atoms in total. The molecule has 0 spiro atoms. The monoisotopic (exact) mass is 465 g/mol. The van der Waals surface area contributed by atoms with Gasteiger partial charge in [-0.05, 0) is 29.7 Å². The highest BCUT2D eigenvalue weighted by Gasteiger charge is 2.22. The zero-order valence-corrected chi connectivity index (χ0v) is 18.4. The summed E-state index contributed by atoms with van der Waals surface area (Å²) in [5.74, 6) is 0. The number of piperazine rings is 1. The summed E-state index contributed by atoms with van der Waals surface area (Å²) in [5.41, 5.74) is 1.14. The summed E-state index contributed by atoms with van der Waals surface area (Å²) in [5, 5.41) is 4.90. The van der Waals surface area contributed by atoms with Gasteiger partial charge in [0.2, 0.25) is 9.84 Å². The fourth-order valence-electron chi connectivity index (χ4n) is 3.61. The van der Waals surface area contributed by atoms with Crippen LogP contribution in [0.1, 0.15) is 0 Å². The van der Waals surface area contributed by atoms with Gasteiger partial charge in [-0.15, -0.1) is 24.8 Å². The Hall–Kier alpha value is -2.32. The van der Waals surface area contributed by atoms with Crippen LogP contribution in [0.25, 0.3) is 21.9 Å². The average molecular weight is 466 g/mol. The van der Waals surface area contributed by atoms with Crippen molar-refractivity contribution in [2.75, 3.05) is 31.1 Å². The largest absolute Gasteiger partial charge is 0.423 e. The Morgan fingerprint density at radius 2 is 1.67 bits per heavy atom. The van der Waals surface area contributed by atoms with Crippen molar-refractivity contribution in [1.82, 2.24) is 10.3 Å². The number of hydrogen-bond acceptors (Lipinski definition) is 6. The van der Waals surface area contributed by atoms with Crippen LogP contribution in [0.4, 0.5) is 6.01 Å². The molecule has 0 saturated carbocycles. The first-order valence-corrected chi connectivity index (χ1v) is 10.7. The van der Waals surface area contributed by atoms with Gasteiger partial charge in [0.1, 0.15) is 5.52 Å². The first-order valence-electron chi connectivity index (χ1n) is 9.22. The van der Waals surface area contributed by atoms with E-state index in [0.717, 1.165) is 31.6 Å². The molecule has 1 aliphatic rings. The van der Waals surface area contributed by atoms with Crippen LogP contribution in [0.15, 0.2) is 74.9 Å². The van der Waals surface area contributed by atoms with E-state index in [9.17, 15) is 8.42 Å². The summed E-state index contributed by atoms with van der Waals surface area (Å²) >= 11 is 0. The second kappa shape index (κ2) is 8.81. The highest BCUT2D eigenvalue weighted by molar-refractivity contribution is 7.91. The molecule has 1 aromatic heterocycles. The van der Waals surface area contributed by atoms with E-state index in [2.05, 4.69) is 15.2 Å². The highest BCUT2D eigenvalue weighted by Crippen LogP contribution is 2.31. The van der Waals surface area contributed by atoms with Gasteiger partial charge in [0.25, 0.3) is 6.01 Å². The van der Waals surface area contributed by atoms with E-state index in [-0.39, 0.29) is 29.7 Å². The number of benzene rings is 3. The normalized spacial score (nSPS) is 14.3. The van der Waals surface area contributed by atoms with Crippen molar-refractivity contribution in [3.05, 3.63) is 60.7 Å². The van der Waals surface area contributed by atoms with E-state index in [1.807, 2.05) is 30.3 Å². The standard InChI is InChI=1S/C21H19N3O3S.2ClH/c25-28(26,20-7-3-5-15-4-1-2-6-17(15)20)16-8-9-19-18(14-16)23-21(27-19)24-12-10-22-11-13-24;;/h1-9,14,22H,10-13H2;2*1H. The zero-order chi connectivity index (χ0) is 19.1. The third-order valence-corrected chi connectivity index (χ3v) is 6.89. The molecule has 30 heavy (non-hydrogen) atoms. The predicted octanol–water partition coefficient (Wildman–Crippen LogP) is 4.07. The lowest BCUT2D eigenvalue weighted by molar-refractivity contribution is 0.517. The maximum atomic E-state index is 13.3. The van der Waals surface area contributed by atoms with Crippen molar-refractivity contribution in [2.45, 2.75) is 9.79 Å². The molecular weight excluding hydrogens is 445 g/mol. The number of anilines is 1. The highest BCUT2D eigenvalue weighted by atomic mass is 35.5. The molecule has 0 aliphatic carbocycles. The predicted molar refractivity (Wildman–Crippen MR) is 123 cm³/mol. The number of rotatable bonds is 3. The van der Waals surface area contributed by atoms with Gasteiger partial charge in [-0.25, -0.2) is 8.42 Å². The van der Waals surface area contributed by atoms with Gasteiger partial charge in [-0.2, -0.15) is 4.98 Å². The molecule has 158 valence electrons. The fraction of sp³-hybridized carbons (Fsp3) is 0.190. The molecule has 0 bridgehead atoms. The van der Waals surface area contributed by atoms with E-state index in [1.54, 1.807) is 30.3 Å². The fourth-order valence-corrected chi connectivity index (χ4v) is 5.11. The first kappa shape index (κ1) is 22.4. The number of nitrogens with one attached hydrogen (secondary N) is 1. The molecule has 9 heteroatoms. The minimum Gasteiger partial charge on any atom is -0.423 e. The number of sulfone groups is 1. The summed E-state index contributed by atoms with van der Waals surface area (Å²) in [6.07, 6.45) is 0. The molecule has 4 aromatic rings. The Bertz CT molecular complexity index is 1280. The lowest BCUT2D eigenvalue weighted by Gasteiger charge is -2.25. The molecule has 3 aromatic carbocycles. The Morgan fingerprint density at radius 3 is 2.47 bits per heavy atom. The minimum atomic E-state index is -3.68. The van der Waals surface area contributed by atoms with Crippen molar-refractivity contribution in [1.29, 1.82) is 0 Å². The van der Waals surface area contributed by atoms with Crippen molar-refractivity contribution in [2.24, 2.45) is 0 Å². The molecule has 5 rings (SSSR count). The van der Waals surface area contributed by atoms with Gasteiger partial charge in [0, 0.05) is 31.6 Å². The third-order valence-electron chi connectivity index (χ3n) is 5.08. The second-order valence-corrected chi connectivity index (χ2v) is 8.76. The molecule has 0 unspecified atom stereocenters. The summed E-state index contributed by atoms with van der Waals surface area (Å²) < 4.78 is 32.5. The van der Waals surface area contributed by atoms with Gasteiger partial charge in [-0.1, -0.05) is 36.4 Å². The Labute approximate surface area is 187 Å². The molecule has 1 N–H and O–H groups in total. The van der Waals surface area contributed by atoms with Crippen LogP contribution < -0.4 is 10.2 Å². The quantitative estimate of drug-likeness (QED) is 0.491. The van der Waals surface area contributed by atoms with Crippen LogP contribution in [-0.2, 0) is 9.84 Å². The SMILES string of the molecule is Cl.Cl.O=S(=O)(c1ccc2oc(N3CCNCC3)nc2c1)c1cccc2ccccc12. The number of hydrogen-bond donors (Lipinski definition) is 1. The summed E-state index contributed by atoms with van der Waals surface area (Å²) in [6.45, 7) is 3.38. The number of oxazole rings is 1. The van der Waals surface area contributed by atoms with Crippen LogP contribution in [-0.4, -0.2) is 39.6 Å². The molecule has 0 radical (unpaired) electrons. The zero-order valence-electron chi connectivity index (χ0n) is 15.9. The average Bonchev–Trinajstić information content (AvgIpc) is 3.17. The van der Waals surface area contributed by atoms with Crippen LogP contribution in [0, 0.1) is 0 Å². The Kier molecular flexibility index (Phi) is 6.57. The van der Waals surface area contributed by atoms with Gasteiger partial charge in [-0.3, -0.25) is 0 Å². The molecule has 1 aliphatic heterocycles. The van der Waals surface area contributed by atoms with E-state index in [4.69, 9.17) is 4.42 Å².